The zero-order valence-electron chi connectivity index (χ0n) is 17.7. The highest BCUT2D eigenvalue weighted by Crippen LogP contribution is 2.59. The Morgan fingerprint density at radius 3 is 1.94 bits per heavy atom. The number of hydrogen-bond donors (Lipinski definition) is 1. The van der Waals surface area contributed by atoms with Gasteiger partial charge in [-0.1, -0.05) is 30.2 Å². The summed E-state index contributed by atoms with van der Waals surface area (Å²) in [4.78, 5) is 0.329. The lowest BCUT2D eigenvalue weighted by Crippen LogP contribution is -2.51. The highest BCUT2D eigenvalue weighted by Gasteiger charge is 2.50. The molecule has 4 saturated carbocycles. The van der Waals surface area contributed by atoms with Crippen molar-refractivity contribution in [2.24, 2.45) is 23.2 Å². The van der Waals surface area contributed by atoms with E-state index in [0.29, 0.717) is 11.4 Å². The highest BCUT2D eigenvalue weighted by molar-refractivity contribution is 7.89. The van der Waals surface area contributed by atoms with E-state index in [-0.39, 0.29) is 12.0 Å². The van der Waals surface area contributed by atoms with Crippen molar-refractivity contribution in [3.05, 3.63) is 48.5 Å². The second-order valence-electron chi connectivity index (χ2n) is 9.78. The number of benzene rings is 2. The highest BCUT2D eigenvalue weighted by atomic mass is 32.2. The van der Waals surface area contributed by atoms with Crippen LogP contribution in [0, 0.1) is 35.5 Å². The molecule has 4 fully saturated rings. The molecule has 0 heterocycles. The van der Waals surface area contributed by atoms with Crippen molar-refractivity contribution in [2.45, 2.75) is 43.4 Å². The standard InChI is InChI=1S/C26H29NO3S/c1-2-11-30-24-7-3-22(4-8-24)23-5-9-25(10-6-23)31(28,29)27-18-26-15-19-12-20(16-26)14-21(13-19)17-26/h1,3-10,19-21,27H,11-18H2. The van der Waals surface area contributed by atoms with Gasteiger partial charge in [0, 0.05) is 6.54 Å². The molecule has 0 saturated heterocycles. The van der Waals surface area contributed by atoms with Gasteiger partial charge in [-0.15, -0.1) is 6.42 Å². The summed E-state index contributed by atoms with van der Waals surface area (Å²) in [5.41, 5.74) is 2.15. The maximum absolute atomic E-state index is 13.0. The predicted molar refractivity (Wildman–Crippen MR) is 122 cm³/mol. The van der Waals surface area contributed by atoms with Crippen molar-refractivity contribution in [3.8, 4) is 29.2 Å². The van der Waals surface area contributed by atoms with Gasteiger partial charge in [-0.3, -0.25) is 0 Å². The summed E-state index contributed by atoms with van der Waals surface area (Å²) in [6.45, 7) is 0.821. The zero-order valence-corrected chi connectivity index (χ0v) is 18.5. The van der Waals surface area contributed by atoms with Crippen LogP contribution in [-0.2, 0) is 10.0 Å². The lowest BCUT2D eigenvalue weighted by atomic mass is 9.50. The molecule has 0 atom stereocenters. The molecule has 1 N–H and O–H groups in total. The molecule has 31 heavy (non-hydrogen) atoms. The van der Waals surface area contributed by atoms with Crippen LogP contribution < -0.4 is 9.46 Å². The van der Waals surface area contributed by atoms with Crippen molar-refractivity contribution in [1.82, 2.24) is 4.72 Å². The topological polar surface area (TPSA) is 55.4 Å². The summed E-state index contributed by atoms with van der Waals surface area (Å²) in [5.74, 6) is 5.62. The lowest BCUT2D eigenvalue weighted by Gasteiger charge is -2.56. The number of sulfonamides is 1. The Morgan fingerprint density at radius 2 is 1.42 bits per heavy atom. The largest absolute Gasteiger partial charge is 0.481 e. The maximum Gasteiger partial charge on any atom is 0.240 e. The Kier molecular flexibility index (Phi) is 5.32. The molecule has 0 aliphatic heterocycles. The van der Waals surface area contributed by atoms with Gasteiger partial charge in [0.1, 0.15) is 12.4 Å². The molecule has 2 aromatic carbocycles. The van der Waals surface area contributed by atoms with Crippen molar-refractivity contribution in [1.29, 1.82) is 0 Å². The van der Waals surface area contributed by atoms with E-state index < -0.39 is 10.0 Å². The minimum atomic E-state index is -3.51. The second-order valence-corrected chi connectivity index (χ2v) is 11.6. The summed E-state index contributed by atoms with van der Waals surface area (Å²) in [5, 5.41) is 0. The third-order valence-electron chi connectivity index (χ3n) is 7.48. The molecule has 0 aromatic heterocycles. The Morgan fingerprint density at radius 1 is 0.903 bits per heavy atom. The van der Waals surface area contributed by atoms with E-state index in [1.165, 1.54) is 38.5 Å². The molecule has 4 aliphatic rings. The van der Waals surface area contributed by atoms with E-state index in [1.807, 2.05) is 36.4 Å². The fourth-order valence-electron chi connectivity index (χ4n) is 6.53. The van der Waals surface area contributed by atoms with E-state index >= 15 is 0 Å². The van der Waals surface area contributed by atoms with Crippen LogP contribution in [0.1, 0.15) is 38.5 Å². The summed E-state index contributed by atoms with van der Waals surface area (Å²) in [7, 11) is -3.51. The molecule has 0 radical (unpaired) electrons. The third kappa shape index (κ3) is 4.24. The van der Waals surface area contributed by atoms with Crippen molar-refractivity contribution >= 4 is 10.0 Å². The maximum atomic E-state index is 13.0. The molecule has 6 rings (SSSR count). The summed E-state index contributed by atoms with van der Waals surface area (Å²) < 4.78 is 34.3. The molecule has 0 spiro atoms. The first-order valence-corrected chi connectivity index (χ1v) is 12.7. The van der Waals surface area contributed by atoms with Gasteiger partial charge >= 0.3 is 0 Å². The predicted octanol–water partition coefficient (Wildman–Crippen LogP) is 4.86. The van der Waals surface area contributed by atoms with Crippen LogP contribution in [0.2, 0.25) is 0 Å². The molecule has 162 valence electrons. The first kappa shape index (κ1) is 20.6. The van der Waals surface area contributed by atoms with Gasteiger partial charge in [-0.2, -0.15) is 0 Å². The van der Waals surface area contributed by atoms with E-state index in [2.05, 4.69) is 10.6 Å². The fourth-order valence-corrected chi connectivity index (χ4v) is 7.69. The van der Waals surface area contributed by atoms with E-state index in [9.17, 15) is 8.42 Å². The quantitative estimate of drug-likeness (QED) is 0.632. The van der Waals surface area contributed by atoms with Crippen molar-refractivity contribution in [3.63, 3.8) is 0 Å². The normalized spacial score (nSPS) is 28.9. The van der Waals surface area contributed by atoms with Gasteiger partial charge in [0.2, 0.25) is 10.0 Å². The minimum absolute atomic E-state index is 0.186. The summed E-state index contributed by atoms with van der Waals surface area (Å²) in [6.07, 6.45) is 12.9. The number of hydrogen-bond acceptors (Lipinski definition) is 3. The third-order valence-corrected chi connectivity index (χ3v) is 8.89. The molecule has 0 amide bonds. The molecule has 4 nitrogen and oxygen atoms in total. The smallest absolute Gasteiger partial charge is 0.240 e. The molecular formula is C26H29NO3S. The average molecular weight is 436 g/mol. The Labute approximate surface area is 185 Å². The average Bonchev–Trinajstić information content (AvgIpc) is 2.76. The van der Waals surface area contributed by atoms with Crippen LogP contribution in [0.3, 0.4) is 0 Å². The second kappa shape index (κ2) is 8.00. The van der Waals surface area contributed by atoms with Gasteiger partial charge in [-0.25, -0.2) is 13.1 Å². The molecule has 4 bridgehead atoms. The SMILES string of the molecule is C#CCOc1ccc(-c2ccc(S(=O)(=O)NCC34CC5CC(CC(C5)C3)C4)cc2)cc1. The fraction of sp³-hybridized carbons (Fsp3) is 0.462. The molecule has 2 aromatic rings. The van der Waals surface area contributed by atoms with E-state index in [4.69, 9.17) is 11.2 Å². The zero-order chi connectivity index (χ0) is 21.5. The van der Waals surface area contributed by atoms with Gasteiger partial charge in [0.05, 0.1) is 4.90 Å². The van der Waals surface area contributed by atoms with Gasteiger partial charge in [0.25, 0.3) is 0 Å². The first-order chi connectivity index (χ1) is 14.9. The molecule has 5 heteroatoms. The molecule has 4 aliphatic carbocycles. The Bertz CT molecular complexity index is 1050. The van der Waals surface area contributed by atoms with E-state index in [1.54, 1.807) is 12.1 Å². The number of terminal acetylenes is 1. The van der Waals surface area contributed by atoms with E-state index in [0.717, 1.165) is 34.6 Å². The van der Waals surface area contributed by atoms with Gasteiger partial charge in [0.15, 0.2) is 0 Å². The van der Waals surface area contributed by atoms with Gasteiger partial charge in [-0.05, 0) is 97.1 Å². The molecular weight excluding hydrogens is 406 g/mol. The van der Waals surface area contributed by atoms with Crippen LogP contribution in [-0.4, -0.2) is 21.6 Å². The number of nitrogens with one attached hydrogen (secondary N) is 1. The van der Waals surface area contributed by atoms with Crippen LogP contribution >= 0.6 is 0 Å². The number of ether oxygens (including phenoxy) is 1. The van der Waals surface area contributed by atoms with Crippen LogP contribution in [0.5, 0.6) is 5.75 Å². The van der Waals surface area contributed by atoms with Crippen LogP contribution in [0.25, 0.3) is 11.1 Å². The van der Waals surface area contributed by atoms with Gasteiger partial charge < -0.3 is 4.74 Å². The molecule has 0 unspecified atom stereocenters. The van der Waals surface area contributed by atoms with Crippen LogP contribution in [0.15, 0.2) is 53.4 Å². The summed E-state index contributed by atoms with van der Waals surface area (Å²) in [6, 6.07) is 14.7. The number of rotatable bonds is 7. The van der Waals surface area contributed by atoms with Crippen molar-refractivity contribution in [2.75, 3.05) is 13.2 Å². The van der Waals surface area contributed by atoms with Crippen LogP contribution in [0.4, 0.5) is 0 Å². The Hall–Kier alpha value is -2.29. The Balaban J connectivity index is 1.25. The monoisotopic (exact) mass is 435 g/mol. The lowest BCUT2D eigenvalue weighted by molar-refractivity contribution is -0.0487. The van der Waals surface area contributed by atoms with Crippen molar-refractivity contribution < 1.29 is 13.2 Å². The first-order valence-electron chi connectivity index (χ1n) is 11.2. The summed E-state index contributed by atoms with van der Waals surface area (Å²) >= 11 is 0. The minimum Gasteiger partial charge on any atom is -0.481 e.